The number of rotatable bonds is 4. The summed E-state index contributed by atoms with van der Waals surface area (Å²) in [6, 6.07) is 10.2. The van der Waals surface area contributed by atoms with Crippen molar-refractivity contribution in [1.82, 2.24) is 4.98 Å². The zero-order valence-electron chi connectivity index (χ0n) is 13.0. The summed E-state index contributed by atoms with van der Waals surface area (Å²) in [6.07, 6.45) is 2.30. The maximum absolute atomic E-state index is 12.6. The van der Waals surface area contributed by atoms with Crippen LogP contribution in [0.3, 0.4) is 0 Å². The number of benzene rings is 1. The van der Waals surface area contributed by atoms with Gasteiger partial charge in [-0.15, -0.1) is 0 Å². The van der Waals surface area contributed by atoms with Crippen molar-refractivity contribution in [3.63, 3.8) is 0 Å². The second-order valence-electron chi connectivity index (χ2n) is 5.61. The molecule has 0 spiro atoms. The summed E-state index contributed by atoms with van der Waals surface area (Å²) in [5, 5.41) is 5.97. The quantitative estimate of drug-likeness (QED) is 0.836. The standard InChI is InChI=1S/C16H17N3O3S2/c1-11-8-12-9-13(24(17,21)22)5-6-14(12)19(11)16(20)10-23-15-4-2-3-7-18-15/h2-7,9,11H,8,10H2,1H3,(H2,17,21,22)/t11-/m1/s1. The highest BCUT2D eigenvalue weighted by molar-refractivity contribution is 7.99. The molecule has 0 saturated carbocycles. The van der Waals surface area contributed by atoms with Gasteiger partial charge in [-0.05, 0) is 49.2 Å². The number of nitrogens with zero attached hydrogens (tertiary/aromatic N) is 2. The largest absolute Gasteiger partial charge is 0.308 e. The van der Waals surface area contributed by atoms with Gasteiger partial charge in [0, 0.05) is 17.9 Å². The fourth-order valence-corrected chi connectivity index (χ4v) is 4.09. The predicted molar refractivity (Wildman–Crippen MR) is 93.4 cm³/mol. The highest BCUT2D eigenvalue weighted by Gasteiger charge is 2.31. The van der Waals surface area contributed by atoms with Crippen LogP contribution in [-0.2, 0) is 21.2 Å². The minimum Gasteiger partial charge on any atom is -0.308 e. The number of primary sulfonamides is 1. The van der Waals surface area contributed by atoms with Gasteiger partial charge in [-0.1, -0.05) is 17.8 Å². The molecule has 24 heavy (non-hydrogen) atoms. The van der Waals surface area contributed by atoms with E-state index in [-0.39, 0.29) is 22.6 Å². The number of amides is 1. The van der Waals surface area contributed by atoms with Gasteiger partial charge in [0.2, 0.25) is 15.9 Å². The number of anilines is 1. The molecule has 3 rings (SSSR count). The maximum atomic E-state index is 12.6. The summed E-state index contributed by atoms with van der Waals surface area (Å²) in [5.41, 5.74) is 1.58. The number of nitrogens with two attached hydrogens (primary N) is 1. The molecule has 0 fully saturated rings. The van der Waals surface area contributed by atoms with Gasteiger partial charge in [0.25, 0.3) is 0 Å². The summed E-state index contributed by atoms with van der Waals surface area (Å²) in [7, 11) is -3.74. The Hall–Kier alpha value is -1.90. The van der Waals surface area contributed by atoms with E-state index in [1.54, 1.807) is 23.2 Å². The Morgan fingerprint density at radius 2 is 2.17 bits per heavy atom. The van der Waals surface area contributed by atoms with E-state index in [4.69, 9.17) is 5.14 Å². The molecule has 126 valence electrons. The molecule has 2 aromatic rings. The van der Waals surface area contributed by atoms with E-state index in [0.29, 0.717) is 6.42 Å². The molecule has 0 aliphatic carbocycles. The van der Waals surface area contributed by atoms with E-state index >= 15 is 0 Å². The number of hydrogen-bond donors (Lipinski definition) is 1. The van der Waals surface area contributed by atoms with Crippen LogP contribution in [0.25, 0.3) is 0 Å². The van der Waals surface area contributed by atoms with Crippen LogP contribution in [0.2, 0.25) is 0 Å². The molecule has 0 radical (unpaired) electrons. The monoisotopic (exact) mass is 363 g/mol. The van der Waals surface area contributed by atoms with Crippen LogP contribution in [0.1, 0.15) is 12.5 Å². The normalized spacial score (nSPS) is 16.9. The van der Waals surface area contributed by atoms with E-state index in [1.807, 2.05) is 25.1 Å². The van der Waals surface area contributed by atoms with E-state index in [1.165, 1.54) is 17.8 Å². The van der Waals surface area contributed by atoms with Crippen molar-refractivity contribution in [2.45, 2.75) is 29.3 Å². The fraction of sp³-hybridized carbons (Fsp3) is 0.250. The van der Waals surface area contributed by atoms with Gasteiger partial charge < -0.3 is 4.90 Å². The predicted octanol–water partition coefficient (Wildman–Crippen LogP) is 1.80. The first-order valence-electron chi connectivity index (χ1n) is 7.38. The SMILES string of the molecule is C[C@@H]1Cc2cc(S(N)(=O)=O)ccc2N1C(=O)CSc1ccccn1. The highest BCUT2D eigenvalue weighted by atomic mass is 32.2. The molecule has 0 saturated heterocycles. The zero-order valence-corrected chi connectivity index (χ0v) is 14.7. The Kier molecular flexibility index (Phi) is 4.62. The lowest BCUT2D eigenvalue weighted by Crippen LogP contribution is -2.37. The van der Waals surface area contributed by atoms with Crippen molar-refractivity contribution in [1.29, 1.82) is 0 Å². The third-order valence-electron chi connectivity index (χ3n) is 3.85. The molecule has 0 bridgehead atoms. The van der Waals surface area contributed by atoms with Gasteiger partial charge in [0.15, 0.2) is 0 Å². The van der Waals surface area contributed by atoms with Gasteiger partial charge in [-0.3, -0.25) is 4.79 Å². The molecule has 0 unspecified atom stereocenters. The molecular formula is C16H17N3O3S2. The topological polar surface area (TPSA) is 93.4 Å². The smallest absolute Gasteiger partial charge is 0.238 e. The first-order valence-corrected chi connectivity index (χ1v) is 9.91. The van der Waals surface area contributed by atoms with Gasteiger partial charge in [0.05, 0.1) is 15.7 Å². The van der Waals surface area contributed by atoms with Crippen LogP contribution < -0.4 is 10.0 Å². The molecule has 1 aliphatic rings. The van der Waals surface area contributed by atoms with E-state index in [0.717, 1.165) is 16.3 Å². The fourth-order valence-electron chi connectivity index (χ4n) is 2.80. The van der Waals surface area contributed by atoms with Crippen LogP contribution in [0, 0.1) is 0 Å². The molecule has 2 N–H and O–H groups in total. The minimum absolute atomic E-state index is 0.0208. The molecule has 8 heteroatoms. The van der Waals surface area contributed by atoms with Gasteiger partial charge in [-0.25, -0.2) is 18.5 Å². The molecule has 2 heterocycles. The summed E-state index contributed by atoms with van der Waals surface area (Å²) < 4.78 is 23.0. The van der Waals surface area contributed by atoms with Gasteiger partial charge in [-0.2, -0.15) is 0 Å². The maximum Gasteiger partial charge on any atom is 0.238 e. The van der Waals surface area contributed by atoms with Gasteiger partial charge in [0.1, 0.15) is 0 Å². The van der Waals surface area contributed by atoms with Crippen molar-refractivity contribution in [2.24, 2.45) is 5.14 Å². The molecule has 1 aromatic carbocycles. The zero-order chi connectivity index (χ0) is 17.3. The second-order valence-corrected chi connectivity index (χ2v) is 8.17. The molecule has 6 nitrogen and oxygen atoms in total. The average Bonchev–Trinajstić information content (AvgIpc) is 2.87. The van der Waals surface area contributed by atoms with Gasteiger partial charge >= 0.3 is 0 Å². The van der Waals surface area contributed by atoms with Crippen molar-refractivity contribution in [3.05, 3.63) is 48.2 Å². The van der Waals surface area contributed by atoms with Crippen LogP contribution in [-0.4, -0.2) is 31.1 Å². The number of thioether (sulfide) groups is 1. The molecule has 1 aliphatic heterocycles. The number of sulfonamides is 1. The van der Waals surface area contributed by atoms with Crippen LogP contribution in [0.15, 0.2) is 52.5 Å². The Bertz CT molecular complexity index is 869. The van der Waals surface area contributed by atoms with Crippen LogP contribution in [0.4, 0.5) is 5.69 Å². The Labute approximate surface area is 145 Å². The molecule has 1 amide bonds. The first-order chi connectivity index (χ1) is 11.4. The van der Waals surface area contributed by atoms with Crippen molar-refractivity contribution in [2.75, 3.05) is 10.7 Å². The van der Waals surface area contributed by atoms with Crippen molar-refractivity contribution in [3.8, 4) is 0 Å². The van der Waals surface area contributed by atoms with Crippen molar-refractivity contribution >= 4 is 33.4 Å². The van der Waals surface area contributed by atoms with E-state index < -0.39 is 10.0 Å². The lowest BCUT2D eigenvalue weighted by Gasteiger charge is -2.22. The summed E-state index contributed by atoms with van der Waals surface area (Å²) in [5.74, 6) is 0.248. The number of carbonyl (C=O) groups is 1. The number of hydrogen-bond acceptors (Lipinski definition) is 5. The average molecular weight is 363 g/mol. The highest BCUT2D eigenvalue weighted by Crippen LogP contribution is 2.34. The summed E-state index contributed by atoms with van der Waals surface area (Å²) in [6.45, 7) is 1.94. The summed E-state index contributed by atoms with van der Waals surface area (Å²) in [4.78, 5) is 18.6. The molecule has 1 aromatic heterocycles. The van der Waals surface area contributed by atoms with E-state index in [9.17, 15) is 13.2 Å². The lowest BCUT2D eigenvalue weighted by atomic mass is 10.1. The summed E-state index contributed by atoms with van der Waals surface area (Å²) >= 11 is 1.38. The first kappa shape index (κ1) is 16.9. The Balaban J connectivity index is 1.79. The van der Waals surface area contributed by atoms with E-state index in [2.05, 4.69) is 4.98 Å². The number of fused-ring (bicyclic) bond motifs is 1. The number of pyridine rings is 1. The third-order valence-corrected chi connectivity index (χ3v) is 5.68. The Morgan fingerprint density at radius 1 is 1.38 bits per heavy atom. The minimum atomic E-state index is -3.74. The number of aromatic nitrogens is 1. The Morgan fingerprint density at radius 3 is 2.83 bits per heavy atom. The van der Waals surface area contributed by atoms with Crippen LogP contribution >= 0.6 is 11.8 Å². The molecule has 1 atom stereocenters. The number of carbonyl (C=O) groups excluding carboxylic acids is 1. The molecular weight excluding hydrogens is 346 g/mol. The second kappa shape index (κ2) is 6.54. The van der Waals surface area contributed by atoms with Crippen molar-refractivity contribution < 1.29 is 13.2 Å². The lowest BCUT2D eigenvalue weighted by molar-refractivity contribution is -0.116. The third kappa shape index (κ3) is 3.45. The van der Waals surface area contributed by atoms with Crippen LogP contribution in [0.5, 0.6) is 0 Å².